The summed E-state index contributed by atoms with van der Waals surface area (Å²) in [6.45, 7) is 1.75. The maximum Gasteiger partial charge on any atom is 0.265 e. The number of hydrogen-bond acceptors (Lipinski definition) is 2. The minimum absolute atomic E-state index is 0.0116. The Balaban J connectivity index is 2.31. The van der Waals surface area contributed by atoms with Crippen molar-refractivity contribution in [1.82, 2.24) is 0 Å². The van der Waals surface area contributed by atoms with Crippen LogP contribution in [0.25, 0.3) is 0 Å². The number of allylic oxidation sites excluding steroid dienone is 4. The van der Waals surface area contributed by atoms with Crippen molar-refractivity contribution < 1.29 is 13.6 Å². The average Bonchev–Trinajstić information content (AvgIpc) is 3.16. The van der Waals surface area contributed by atoms with Gasteiger partial charge in [-0.05, 0) is 44.1 Å². The molecule has 94 valence electrons. The van der Waals surface area contributed by atoms with Crippen molar-refractivity contribution in [3.63, 3.8) is 0 Å². The van der Waals surface area contributed by atoms with Crippen molar-refractivity contribution >= 4 is 18.4 Å². The third-order valence-electron chi connectivity index (χ3n) is 3.29. The van der Waals surface area contributed by atoms with E-state index in [9.17, 15) is 13.6 Å². The molecular weight excluding hydrogens is 242 g/mol. The highest BCUT2D eigenvalue weighted by Crippen LogP contribution is 2.44. The quantitative estimate of drug-likeness (QED) is 0.451. The number of carbonyl (C=O) groups excluding carboxylic acids is 1. The highest BCUT2D eigenvalue weighted by molar-refractivity contribution is 7.85. The highest BCUT2D eigenvalue weighted by atomic mass is 32.1. The molecule has 0 spiro atoms. The van der Waals surface area contributed by atoms with E-state index >= 15 is 0 Å². The summed E-state index contributed by atoms with van der Waals surface area (Å²) in [4.78, 5) is 11.8. The second-order valence-electron chi connectivity index (χ2n) is 4.72. The maximum atomic E-state index is 13.1. The average molecular weight is 258 g/mol. The number of ketones is 1. The van der Waals surface area contributed by atoms with Gasteiger partial charge in [-0.15, -0.1) is 12.6 Å². The Morgan fingerprint density at radius 1 is 1.24 bits per heavy atom. The lowest BCUT2D eigenvalue weighted by atomic mass is 9.99. The van der Waals surface area contributed by atoms with Crippen LogP contribution in [0.2, 0.25) is 0 Å². The fourth-order valence-electron chi connectivity index (χ4n) is 2.04. The molecule has 0 heterocycles. The first kappa shape index (κ1) is 12.8. The Morgan fingerprint density at radius 3 is 2.12 bits per heavy atom. The third-order valence-corrected chi connectivity index (χ3v) is 3.76. The molecule has 2 fully saturated rings. The van der Waals surface area contributed by atoms with Crippen molar-refractivity contribution in [1.29, 1.82) is 0 Å². The molecule has 1 nitrogen and oxygen atoms in total. The fourth-order valence-corrected chi connectivity index (χ4v) is 2.45. The Labute approximate surface area is 105 Å². The van der Waals surface area contributed by atoms with E-state index < -0.39 is 6.43 Å². The normalized spacial score (nSPS) is 22.8. The molecule has 0 bridgehead atoms. The lowest BCUT2D eigenvalue weighted by molar-refractivity contribution is -0.116. The van der Waals surface area contributed by atoms with Gasteiger partial charge < -0.3 is 0 Å². The summed E-state index contributed by atoms with van der Waals surface area (Å²) in [5.74, 6) is -0.0599. The van der Waals surface area contributed by atoms with E-state index in [0.29, 0.717) is 5.57 Å². The molecule has 2 saturated carbocycles. The van der Waals surface area contributed by atoms with Crippen molar-refractivity contribution in [2.24, 2.45) is 11.8 Å². The van der Waals surface area contributed by atoms with Crippen molar-refractivity contribution in [3.05, 3.63) is 22.1 Å². The topological polar surface area (TPSA) is 17.1 Å². The first-order valence-corrected chi connectivity index (χ1v) is 6.43. The van der Waals surface area contributed by atoms with Crippen LogP contribution in [0.15, 0.2) is 22.1 Å². The number of Topliss-reactive ketones (excluding diaryl/α,β-unsaturated/α-hetero) is 1. The van der Waals surface area contributed by atoms with Crippen LogP contribution >= 0.6 is 12.6 Å². The zero-order chi connectivity index (χ0) is 12.6. The molecule has 0 radical (unpaired) electrons. The van der Waals surface area contributed by atoms with E-state index in [1.807, 2.05) is 0 Å². The summed E-state index contributed by atoms with van der Waals surface area (Å²) >= 11 is 4.06. The van der Waals surface area contributed by atoms with Crippen LogP contribution in [0.1, 0.15) is 32.6 Å². The smallest absolute Gasteiger partial charge is 0.265 e. The van der Waals surface area contributed by atoms with Gasteiger partial charge in [0.25, 0.3) is 6.43 Å². The van der Waals surface area contributed by atoms with Gasteiger partial charge in [-0.1, -0.05) is 6.08 Å². The summed E-state index contributed by atoms with van der Waals surface area (Å²) in [5.41, 5.74) is 0.495. The van der Waals surface area contributed by atoms with Crippen LogP contribution in [-0.2, 0) is 4.79 Å². The van der Waals surface area contributed by atoms with E-state index in [1.54, 1.807) is 13.0 Å². The molecule has 2 aliphatic rings. The van der Waals surface area contributed by atoms with Gasteiger partial charge in [0.15, 0.2) is 5.78 Å². The Kier molecular flexibility index (Phi) is 3.71. The summed E-state index contributed by atoms with van der Waals surface area (Å²) < 4.78 is 26.2. The number of halogens is 2. The van der Waals surface area contributed by atoms with Crippen molar-refractivity contribution in [2.45, 2.75) is 39.0 Å². The Hall–Kier alpha value is -0.640. The molecule has 4 heteroatoms. The lowest BCUT2D eigenvalue weighted by Gasteiger charge is -2.13. The number of hydrogen-bond donors (Lipinski definition) is 1. The van der Waals surface area contributed by atoms with E-state index in [-0.39, 0.29) is 28.1 Å². The van der Waals surface area contributed by atoms with Crippen LogP contribution < -0.4 is 0 Å². The molecule has 2 rings (SSSR count). The first-order valence-electron chi connectivity index (χ1n) is 5.98. The second-order valence-corrected chi connectivity index (χ2v) is 5.17. The summed E-state index contributed by atoms with van der Waals surface area (Å²) in [5, 5.41) is 0. The Bertz CT molecular complexity index is 390. The predicted molar refractivity (Wildman–Crippen MR) is 66.2 cm³/mol. The first-order chi connectivity index (χ1) is 8.06. The van der Waals surface area contributed by atoms with E-state index in [0.717, 1.165) is 25.7 Å². The number of thiol groups is 1. The lowest BCUT2D eigenvalue weighted by Crippen LogP contribution is -2.11. The third kappa shape index (κ3) is 2.79. The Morgan fingerprint density at radius 2 is 1.76 bits per heavy atom. The van der Waals surface area contributed by atoms with Crippen LogP contribution in [0.3, 0.4) is 0 Å². The molecular formula is C13H16F2OS. The molecule has 0 unspecified atom stereocenters. The van der Waals surface area contributed by atoms with Crippen LogP contribution in [-0.4, -0.2) is 12.2 Å². The van der Waals surface area contributed by atoms with Gasteiger partial charge in [0.05, 0.1) is 4.91 Å². The summed E-state index contributed by atoms with van der Waals surface area (Å²) in [6.07, 6.45) is 2.60. The predicted octanol–water partition coefficient (Wildman–Crippen LogP) is 3.77. The van der Waals surface area contributed by atoms with E-state index in [2.05, 4.69) is 12.6 Å². The fraction of sp³-hybridized carbons (Fsp3) is 0.615. The second kappa shape index (κ2) is 4.92. The zero-order valence-corrected chi connectivity index (χ0v) is 10.6. The van der Waals surface area contributed by atoms with Gasteiger partial charge in [0.2, 0.25) is 0 Å². The van der Waals surface area contributed by atoms with Crippen LogP contribution in [0.4, 0.5) is 8.78 Å². The maximum absolute atomic E-state index is 13.1. The number of carbonyl (C=O) groups is 1. The molecule has 0 aromatic rings. The molecule has 0 aromatic heterocycles. The van der Waals surface area contributed by atoms with Crippen LogP contribution in [0, 0.1) is 11.8 Å². The monoisotopic (exact) mass is 258 g/mol. The van der Waals surface area contributed by atoms with Crippen LogP contribution in [0.5, 0.6) is 0 Å². The van der Waals surface area contributed by atoms with Gasteiger partial charge >= 0.3 is 0 Å². The summed E-state index contributed by atoms with van der Waals surface area (Å²) in [6, 6.07) is 0. The van der Waals surface area contributed by atoms with Crippen molar-refractivity contribution in [2.75, 3.05) is 0 Å². The molecule has 0 amide bonds. The van der Waals surface area contributed by atoms with Gasteiger partial charge in [0.1, 0.15) is 0 Å². The van der Waals surface area contributed by atoms with E-state index in [4.69, 9.17) is 0 Å². The largest absolute Gasteiger partial charge is 0.293 e. The zero-order valence-electron chi connectivity index (χ0n) is 9.75. The highest BCUT2D eigenvalue weighted by Gasteiger charge is 2.37. The standard InChI is InChI=1S/C13H16F2OS/c1-2-9(7-3-4-7)10(13(14)15)12(17)11(16)8-5-6-8/h2,7-8,13,17H,3-6H2,1H3/b9-2-,12-10+. The SMILES string of the molecule is C/C=C(\C(=C(/S)C(=O)C1CC1)C(F)F)C1CC1. The molecule has 2 aliphatic carbocycles. The minimum Gasteiger partial charge on any atom is -0.293 e. The molecule has 0 atom stereocenters. The number of alkyl halides is 2. The van der Waals surface area contributed by atoms with Gasteiger partial charge in [0, 0.05) is 11.5 Å². The molecule has 0 saturated heterocycles. The molecule has 0 aliphatic heterocycles. The summed E-state index contributed by atoms with van der Waals surface area (Å²) in [7, 11) is 0. The number of rotatable bonds is 5. The van der Waals surface area contributed by atoms with Gasteiger partial charge in [-0.2, -0.15) is 0 Å². The molecule has 17 heavy (non-hydrogen) atoms. The van der Waals surface area contributed by atoms with Gasteiger partial charge in [-0.25, -0.2) is 8.78 Å². The van der Waals surface area contributed by atoms with E-state index in [1.165, 1.54) is 0 Å². The molecule has 0 aromatic carbocycles. The van der Waals surface area contributed by atoms with Gasteiger partial charge in [-0.3, -0.25) is 4.79 Å². The van der Waals surface area contributed by atoms with Crippen molar-refractivity contribution in [3.8, 4) is 0 Å². The minimum atomic E-state index is -2.61. The molecule has 0 N–H and O–H groups in total.